The van der Waals surface area contributed by atoms with E-state index in [9.17, 15) is 4.79 Å². The van der Waals surface area contributed by atoms with Gasteiger partial charge in [0.15, 0.2) is 0 Å². The molecule has 7 nitrogen and oxygen atoms in total. The molecule has 1 aromatic heterocycles. The van der Waals surface area contributed by atoms with Crippen molar-refractivity contribution in [2.45, 2.75) is 25.7 Å². The van der Waals surface area contributed by atoms with Gasteiger partial charge in [0.25, 0.3) is 0 Å². The number of aromatic nitrogens is 3. The highest BCUT2D eigenvalue weighted by atomic mass is 16.5. The number of aryl methyl sites for hydroxylation is 1. The molecule has 7 heteroatoms. The molecule has 2 heterocycles. The summed E-state index contributed by atoms with van der Waals surface area (Å²) < 4.78 is 7.39. The number of hydrogen-bond acceptors (Lipinski definition) is 5. The number of methoxy groups -OCH3 is 1. The van der Waals surface area contributed by atoms with Gasteiger partial charge in [0.2, 0.25) is 5.91 Å². The van der Waals surface area contributed by atoms with Crippen molar-refractivity contribution in [2.75, 3.05) is 30.4 Å². The SMILES string of the molecule is COc1cccc(C2CC2C(=O)Nc2ccccc2-n2cnc(C)n2)c1N1CC=CCC1. The minimum atomic E-state index is -0.0632. The summed E-state index contributed by atoms with van der Waals surface area (Å²) in [7, 11) is 1.71. The molecule has 1 aliphatic carbocycles. The second kappa shape index (κ2) is 8.49. The van der Waals surface area contributed by atoms with Crippen LogP contribution in [-0.4, -0.2) is 40.9 Å². The predicted octanol–water partition coefficient (Wildman–Crippen LogP) is 4.09. The van der Waals surface area contributed by atoms with Crippen LogP contribution in [0.5, 0.6) is 5.75 Å². The van der Waals surface area contributed by atoms with Crippen LogP contribution in [0, 0.1) is 12.8 Å². The van der Waals surface area contributed by atoms with Crippen molar-refractivity contribution >= 4 is 17.3 Å². The number of hydrogen-bond donors (Lipinski definition) is 1. The molecule has 2 unspecified atom stereocenters. The Hall–Kier alpha value is -3.61. The Labute approximate surface area is 187 Å². The minimum Gasteiger partial charge on any atom is -0.495 e. The zero-order chi connectivity index (χ0) is 22.1. The largest absolute Gasteiger partial charge is 0.495 e. The van der Waals surface area contributed by atoms with Gasteiger partial charge in [0.05, 0.1) is 24.2 Å². The number of nitrogens with zero attached hydrogens (tertiary/aromatic N) is 4. The first-order chi connectivity index (χ1) is 15.7. The molecule has 2 atom stereocenters. The molecule has 1 amide bonds. The molecule has 0 bridgehead atoms. The second-order valence-corrected chi connectivity index (χ2v) is 8.30. The Morgan fingerprint density at radius 2 is 2.03 bits per heavy atom. The number of nitrogens with one attached hydrogen (secondary N) is 1. The van der Waals surface area contributed by atoms with E-state index >= 15 is 0 Å². The van der Waals surface area contributed by atoms with Crippen LogP contribution < -0.4 is 15.0 Å². The highest BCUT2D eigenvalue weighted by molar-refractivity contribution is 5.97. The first kappa shape index (κ1) is 20.3. The summed E-state index contributed by atoms with van der Waals surface area (Å²) in [6.45, 7) is 3.66. The summed E-state index contributed by atoms with van der Waals surface area (Å²) in [6.07, 6.45) is 7.92. The summed E-state index contributed by atoms with van der Waals surface area (Å²) in [6, 6.07) is 13.8. The van der Waals surface area contributed by atoms with E-state index in [1.165, 1.54) is 5.56 Å². The third kappa shape index (κ3) is 3.86. The number of ether oxygens (including phenoxy) is 1. The fourth-order valence-electron chi connectivity index (χ4n) is 4.48. The molecule has 1 aliphatic heterocycles. The van der Waals surface area contributed by atoms with E-state index in [1.54, 1.807) is 18.1 Å². The van der Waals surface area contributed by atoms with E-state index in [0.717, 1.165) is 48.7 Å². The van der Waals surface area contributed by atoms with Gasteiger partial charge in [-0.1, -0.05) is 36.4 Å². The van der Waals surface area contributed by atoms with Gasteiger partial charge in [0, 0.05) is 19.0 Å². The van der Waals surface area contributed by atoms with Gasteiger partial charge in [-0.3, -0.25) is 4.79 Å². The van der Waals surface area contributed by atoms with Gasteiger partial charge >= 0.3 is 0 Å². The summed E-state index contributed by atoms with van der Waals surface area (Å²) in [5.41, 5.74) is 3.86. The van der Waals surface area contributed by atoms with Crippen molar-refractivity contribution in [3.63, 3.8) is 0 Å². The maximum Gasteiger partial charge on any atom is 0.228 e. The van der Waals surface area contributed by atoms with E-state index in [0.29, 0.717) is 5.82 Å². The second-order valence-electron chi connectivity index (χ2n) is 8.30. The van der Waals surface area contributed by atoms with Gasteiger partial charge in [-0.15, -0.1) is 0 Å². The monoisotopic (exact) mass is 429 g/mol. The highest BCUT2D eigenvalue weighted by Crippen LogP contribution is 2.53. The van der Waals surface area contributed by atoms with Crippen molar-refractivity contribution in [1.29, 1.82) is 0 Å². The topological polar surface area (TPSA) is 72.3 Å². The predicted molar refractivity (Wildman–Crippen MR) is 125 cm³/mol. The van der Waals surface area contributed by atoms with Gasteiger partial charge in [-0.05, 0) is 49.4 Å². The quantitative estimate of drug-likeness (QED) is 0.598. The molecule has 1 fully saturated rings. The third-order valence-corrected chi connectivity index (χ3v) is 6.17. The molecular formula is C25H27N5O2. The number of carbonyl (C=O) groups excluding carboxylic acids is 1. The highest BCUT2D eigenvalue weighted by Gasteiger charge is 2.46. The molecule has 0 saturated heterocycles. The lowest BCUT2D eigenvalue weighted by atomic mass is 10.0. The van der Waals surface area contributed by atoms with Crippen molar-refractivity contribution in [1.82, 2.24) is 14.8 Å². The van der Waals surface area contributed by atoms with Crippen LogP contribution >= 0.6 is 0 Å². The molecule has 3 aromatic rings. The van der Waals surface area contributed by atoms with Crippen LogP contribution in [-0.2, 0) is 4.79 Å². The lowest BCUT2D eigenvalue weighted by molar-refractivity contribution is -0.117. The Balaban J connectivity index is 1.37. The Morgan fingerprint density at radius 3 is 2.78 bits per heavy atom. The number of rotatable bonds is 6. The Kier molecular flexibility index (Phi) is 5.39. The third-order valence-electron chi connectivity index (χ3n) is 6.17. The number of carbonyl (C=O) groups is 1. The zero-order valence-electron chi connectivity index (χ0n) is 18.4. The van der Waals surface area contributed by atoms with Crippen LogP contribution in [0.3, 0.4) is 0 Å². The lowest BCUT2D eigenvalue weighted by Gasteiger charge is -2.29. The molecule has 0 spiro atoms. The molecule has 0 radical (unpaired) electrons. The van der Waals surface area contributed by atoms with Crippen LogP contribution in [0.4, 0.5) is 11.4 Å². The minimum absolute atomic E-state index is 0.0339. The van der Waals surface area contributed by atoms with Gasteiger partial charge in [-0.25, -0.2) is 9.67 Å². The molecular weight excluding hydrogens is 402 g/mol. The van der Waals surface area contributed by atoms with E-state index in [1.807, 2.05) is 43.3 Å². The van der Waals surface area contributed by atoms with Crippen molar-refractivity contribution in [3.8, 4) is 11.4 Å². The van der Waals surface area contributed by atoms with Gasteiger partial charge < -0.3 is 15.0 Å². The van der Waals surface area contributed by atoms with E-state index in [2.05, 4.69) is 38.5 Å². The van der Waals surface area contributed by atoms with E-state index < -0.39 is 0 Å². The van der Waals surface area contributed by atoms with Crippen molar-refractivity contribution in [2.24, 2.45) is 5.92 Å². The molecule has 1 N–H and O–H groups in total. The lowest BCUT2D eigenvalue weighted by Crippen LogP contribution is -2.28. The molecule has 32 heavy (non-hydrogen) atoms. The Bertz CT molecular complexity index is 1170. The normalized spacial score (nSPS) is 19.6. The van der Waals surface area contributed by atoms with Crippen molar-refractivity contribution in [3.05, 3.63) is 72.3 Å². The van der Waals surface area contributed by atoms with Gasteiger partial charge in [-0.2, -0.15) is 5.10 Å². The fourth-order valence-corrected chi connectivity index (χ4v) is 4.48. The zero-order valence-corrected chi connectivity index (χ0v) is 18.4. The molecule has 164 valence electrons. The average molecular weight is 430 g/mol. The van der Waals surface area contributed by atoms with Crippen molar-refractivity contribution < 1.29 is 9.53 Å². The number of amides is 1. The summed E-state index contributed by atoms with van der Waals surface area (Å²) in [5.74, 6) is 1.72. The van der Waals surface area contributed by atoms with Crippen LogP contribution in [0.2, 0.25) is 0 Å². The van der Waals surface area contributed by atoms with Crippen LogP contribution in [0.25, 0.3) is 5.69 Å². The number of anilines is 2. The molecule has 1 saturated carbocycles. The number of benzene rings is 2. The molecule has 5 rings (SSSR count). The molecule has 2 aliphatic rings. The summed E-state index contributed by atoms with van der Waals surface area (Å²) in [4.78, 5) is 19.7. The van der Waals surface area contributed by atoms with E-state index in [-0.39, 0.29) is 17.7 Å². The van der Waals surface area contributed by atoms with Crippen LogP contribution in [0.1, 0.15) is 30.1 Å². The maximum absolute atomic E-state index is 13.2. The Morgan fingerprint density at radius 1 is 1.16 bits per heavy atom. The number of para-hydroxylation sites is 3. The average Bonchev–Trinajstić information content (AvgIpc) is 3.52. The summed E-state index contributed by atoms with van der Waals surface area (Å²) in [5, 5.41) is 7.51. The fraction of sp³-hybridized carbons (Fsp3) is 0.320. The first-order valence-electron chi connectivity index (χ1n) is 11.0. The standard InChI is InChI=1S/C25H27N5O2/c1-17-26-16-30(28-17)22-11-5-4-10-21(22)27-25(31)20-15-19(20)18-9-8-12-23(32-2)24(18)29-13-6-3-7-14-29/h3-6,8-12,16,19-20H,7,13-15H2,1-2H3,(H,27,31). The molecule has 2 aromatic carbocycles. The van der Waals surface area contributed by atoms with Gasteiger partial charge in [0.1, 0.15) is 17.9 Å². The van der Waals surface area contributed by atoms with Crippen LogP contribution in [0.15, 0.2) is 60.9 Å². The smallest absolute Gasteiger partial charge is 0.228 e. The first-order valence-corrected chi connectivity index (χ1v) is 11.0. The summed E-state index contributed by atoms with van der Waals surface area (Å²) >= 11 is 0. The maximum atomic E-state index is 13.2. The van der Waals surface area contributed by atoms with E-state index in [4.69, 9.17) is 4.74 Å².